The van der Waals surface area contributed by atoms with Gasteiger partial charge in [-0.15, -0.1) is 0 Å². The van der Waals surface area contributed by atoms with Crippen LogP contribution in [-0.2, 0) is 9.59 Å². The highest BCUT2D eigenvalue weighted by atomic mass is 35.5. The Bertz CT molecular complexity index is 717. The summed E-state index contributed by atoms with van der Waals surface area (Å²) < 4.78 is 10.8. The number of nitrogens with one attached hydrogen (secondary N) is 2. The number of hydrogen-bond acceptors (Lipinski definition) is 4. The first kappa shape index (κ1) is 18.6. The number of hydrazine groups is 1. The highest BCUT2D eigenvalue weighted by Gasteiger charge is 2.15. The Balaban J connectivity index is 1.71. The molecular formula is C18H19ClN2O4. The molecule has 2 aromatic carbocycles. The van der Waals surface area contributed by atoms with Crippen LogP contribution in [0.1, 0.15) is 12.5 Å². The van der Waals surface area contributed by atoms with Crippen LogP contribution in [0.5, 0.6) is 11.5 Å². The molecule has 0 aromatic heterocycles. The Morgan fingerprint density at radius 1 is 1.00 bits per heavy atom. The molecule has 1 atom stereocenters. The van der Waals surface area contributed by atoms with E-state index in [-0.39, 0.29) is 6.61 Å². The fraction of sp³-hybridized carbons (Fsp3) is 0.222. The van der Waals surface area contributed by atoms with Crippen molar-refractivity contribution >= 4 is 23.4 Å². The van der Waals surface area contributed by atoms with Crippen LogP contribution in [0.4, 0.5) is 0 Å². The Morgan fingerprint density at radius 2 is 1.60 bits per heavy atom. The second kappa shape index (κ2) is 8.94. The van der Waals surface area contributed by atoms with E-state index in [2.05, 4.69) is 10.9 Å². The molecule has 0 radical (unpaired) electrons. The summed E-state index contributed by atoms with van der Waals surface area (Å²) >= 11 is 5.78. The topological polar surface area (TPSA) is 76.7 Å². The summed E-state index contributed by atoms with van der Waals surface area (Å²) in [5.74, 6) is 0.110. The van der Waals surface area contributed by atoms with Crippen molar-refractivity contribution in [3.05, 3.63) is 59.1 Å². The zero-order valence-corrected chi connectivity index (χ0v) is 14.7. The number of aryl methyl sites for hydroxylation is 1. The van der Waals surface area contributed by atoms with E-state index in [0.717, 1.165) is 5.56 Å². The molecule has 2 amide bonds. The molecule has 0 saturated heterocycles. The lowest BCUT2D eigenvalue weighted by Gasteiger charge is -2.15. The van der Waals surface area contributed by atoms with Crippen molar-refractivity contribution in [3.63, 3.8) is 0 Å². The van der Waals surface area contributed by atoms with Crippen LogP contribution >= 0.6 is 11.6 Å². The zero-order valence-electron chi connectivity index (χ0n) is 13.9. The van der Waals surface area contributed by atoms with Gasteiger partial charge in [0.2, 0.25) is 0 Å². The van der Waals surface area contributed by atoms with Crippen LogP contribution in [0.25, 0.3) is 0 Å². The standard InChI is InChI=1S/C18H19ClN2O4/c1-12-3-7-15(8-4-12)24-11-17(22)20-21-18(23)13(2)25-16-9-5-14(19)6-10-16/h3-10,13H,11H2,1-2H3,(H,20,22)(H,21,23). The predicted molar refractivity (Wildman–Crippen MR) is 94.5 cm³/mol. The van der Waals surface area contributed by atoms with E-state index in [0.29, 0.717) is 16.5 Å². The number of hydrogen-bond donors (Lipinski definition) is 2. The molecule has 1 unspecified atom stereocenters. The molecule has 0 saturated carbocycles. The highest BCUT2D eigenvalue weighted by Crippen LogP contribution is 2.16. The molecule has 0 spiro atoms. The smallest absolute Gasteiger partial charge is 0.279 e. The van der Waals surface area contributed by atoms with Crippen LogP contribution in [0.3, 0.4) is 0 Å². The zero-order chi connectivity index (χ0) is 18.2. The molecule has 0 aliphatic rings. The van der Waals surface area contributed by atoms with Gasteiger partial charge >= 0.3 is 0 Å². The predicted octanol–water partition coefficient (Wildman–Crippen LogP) is 2.64. The van der Waals surface area contributed by atoms with Crippen molar-refractivity contribution in [1.29, 1.82) is 0 Å². The second-order valence-corrected chi connectivity index (χ2v) is 5.79. The van der Waals surface area contributed by atoms with Gasteiger partial charge in [-0.1, -0.05) is 29.3 Å². The molecule has 2 rings (SSSR count). The van der Waals surface area contributed by atoms with Crippen LogP contribution in [0, 0.1) is 6.92 Å². The van der Waals surface area contributed by atoms with Gasteiger partial charge in [0.1, 0.15) is 11.5 Å². The molecule has 0 aliphatic heterocycles. The molecule has 0 fully saturated rings. The molecule has 0 aliphatic carbocycles. The summed E-state index contributed by atoms with van der Waals surface area (Å²) in [5, 5.41) is 0.574. The third kappa shape index (κ3) is 6.35. The third-order valence-corrected chi connectivity index (χ3v) is 3.46. The lowest BCUT2D eigenvalue weighted by Crippen LogP contribution is -2.48. The Hall–Kier alpha value is -2.73. The van der Waals surface area contributed by atoms with E-state index in [1.54, 1.807) is 43.3 Å². The average molecular weight is 363 g/mol. The van der Waals surface area contributed by atoms with E-state index in [1.165, 1.54) is 0 Å². The van der Waals surface area contributed by atoms with Gasteiger partial charge in [-0.2, -0.15) is 0 Å². The van der Waals surface area contributed by atoms with Crippen molar-refractivity contribution in [2.24, 2.45) is 0 Å². The lowest BCUT2D eigenvalue weighted by atomic mass is 10.2. The molecule has 25 heavy (non-hydrogen) atoms. The third-order valence-electron chi connectivity index (χ3n) is 3.21. The van der Waals surface area contributed by atoms with E-state index in [9.17, 15) is 9.59 Å². The minimum atomic E-state index is -0.792. The summed E-state index contributed by atoms with van der Waals surface area (Å²) in [4.78, 5) is 23.6. The van der Waals surface area contributed by atoms with Gasteiger partial charge in [0, 0.05) is 5.02 Å². The summed E-state index contributed by atoms with van der Waals surface area (Å²) in [6.07, 6.45) is -0.792. The molecule has 2 N–H and O–H groups in total. The van der Waals surface area contributed by atoms with Gasteiger partial charge < -0.3 is 9.47 Å². The number of carbonyl (C=O) groups excluding carboxylic acids is 2. The summed E-state index contributed by atoms with van der Waals surface area (Å²) in [5.41, 5.74) is 5.66. The minimum absolute atomic E-state index is 0.213. The van der Waals surface area contributed by atoms with Crippen LogP contribution < -0.4 is 20.3 Å². The van der Waals surface area contributed by atoms with Crippen LogP contribution in [0.15, 0.2) is 48.5 Å². The molecule has 2 aromatic rings. The monoisotopic (exact) mass is 362 g/mol. The number of ether oxygens (including phenoxy) is 2. The minimum Gasteiger partial charge on any atom is -0.484 e. The molecular weight excluding hydrogens is 344 g/mol. The van der Waals surface area contributed by atoms with Gasteiger partial charge in [0.05, 0.1) is 0 Å². The van der Waals surface area contributed by atoms with E-state index < -0.39 is 17.9 Å². The van der Waals surface area contributed by atoms with Crippen molar-refractivity contribution in [1.82, 2.24) is 10.9 Å². The summed E-state index contributed by atoms with van der Waals surface area (Å²) in [6.45, 7) is 3.31. The lowest BCUT2D eigenvalue weighted by molar-refractivity contribution is -0.133. The van der Waals surface area contributed by atoms with E-state index >= 15 is 0 Å². The first-order valence-corrected chi connectivity index (χ1v) is 8.02. The number of rotatable bonds is 6. The van der Waals surface area contributed by atoms with E-state index in [4.69, 9.17) is 21.1 Å². The maximum absolute atomic E-state index is 11.9. The number of halogens is 1. The quantitative estimate of drug-likeness (QED) is 0.774. The molecule has 0 heterocycles. The SMILES string of the molecule is Cc1ccc(OCC(=O)NNC(=O)C(C)Oc2ccc(Cl)cc2)cc1. The Labute approximate surface area is 151 Å². The number of carbonyl (C=O) groups is 2. The Morgan fingerprint density at radius 3 is 2.24 bits per heavy atom. The fourth-order valence-corrected chi connectivity index (χ4v) is 1.95. The first-order valence-electron chi connectivity index (χ1n) is 7.64. The molecule has 132 valence electrons. The van der Waals surface area contributed by atoms with Gasteiger partial charge in [0.25, 0.3) is 11.8 Å². The van der Waals surface area contributed by atoms with Gasteiger partial charge in [-0.3, -0.25) is 20.4 Å². The fourth-order valence-electron chi connectivity index (χ4n) is 1.82. The van der Waals surface area contributed by atoms with Crippen LogP contribution in [0.2, 0.25) is 5.02 Å². The normalized spacial score (nSPS) is 11.3. The van der Waals surface area contributed by atoms with E-state index in [1.807, 2.05) is 19.1 Å². The van der Waals surface area contributed by atoms with Gasteiger partial charge in [-0.05, 0) is 50.2 Å². The second-order valence-electron chi connectivity index (χ2n) is 5.35. The Kier molecular flexibility index (Phi) is 6.65. The van der Waals surface area contributed by atoms with Crippen molar-refractivity contribution in [3.8, 4) is 11.5 Å². The van der Waals surface area contributed by atoms with Crippen molar-refractivity contribution in [2.45, 2.75) is 20.0 Å². The maximum Gasteiger partial charge on any atom is 0.279 e. The van der Waals surface area contributed by atoms with Gasteiger partial charge in [0.15, 0.2) is 12.7 Å². The largest absolute Gasteiger partial charge is 0.484 e. The van der Waals surface area contributed by atoms with Gasteiger partial charge in [-0.25, -0.2) is 0 Å². The molecule has 0 bridgehead atoms. The summed E-state index contributed by atoms with van der Waals surface area (Å²) in [7, 11) is 0. The van der Waals surface area contributed by atoms with Crippen molar-refractivity contribution in [2.75, 3.05) is 6.61 Å². The number of amides is 2. The average Bonchev–Trinajstić information content (AvgIpc) is 2.61. The first-order chi connectivity index (χ1) is 11.9. The highest BCUT2D eigenvalue weighted by molar-refractivity contribution is 6.30. The van der Waals surface area contributed by atoms with Crippen LogP contribution in [-0.4, -0.2) is 24.5 Å². The molecule has 6 nitrogen and oxygen atoms in total. The maximum atomic E-state index is 11.9. The molecule has 7 heteroatoms. The number of benzene rings is 2. The van der Waals surface area contributed by atoms with Crippen molar-refractivity contribution < 1.29 is 19.1 Å². The summed E-state index contributed by atoms with van der Waals surface area (Å²) in [6, 6.07) is 13.9.